The van der Waals surface area contributed by atoms with Crippen LogP contribution in [0.4, 0.5) is 5.69 Å². The van der Waals surface area contributed by atoms with Gasteiger partial charge in [-0.3, -0.25) is 4.90 Å². The van der Waals surface area contributed by atoms with Crippen molar-refractivity contribution in [2.24, 2.45) is 7.05 Å². The first kappa shape index (κ1) is 14.6. The molecule has 2 N–H and O–H groups in total. The van der Waals surface area contributed by atoms with E-state index in [1.807, 2.05) is 31.6 Å². The summed E-state index contributed by atoms with van der Waals surface area (Å²) in [5.74, 6) is 1.65. The molecule has 4 heteroatoms. The molecule has 0 spiro atoms. The van der Waals surface area contributed by atoms with Gasteiger partial charge < -0.3 is 10.3 Å². The zero-order chi connectivity index (χ0) is 14.5. The van der Waals surface area contributed by atoms with Crippen LogP contribution >= 0.6 is 0 Å². The van der Waals surface area contributed by atoms with Gasteiger partial charge in [-0.25, -0.2) is 4.98 Å². The normalized spacial score (nSPS) is 12.8. The van der Waals surface area contributed by atoms with Gasteiger partial charge in [-0.05, 0) is 43.6 Å². The molecule has 0 fully saturated rings. The minimum Gasteiger partial charge on any atom is -0.399 e. The van der Waals surface area contributed by atoms with Crippen LogP contribution in [-0.4, -0.2) is 28.0 Å². The quantitative estimate of drug-likeness (QED) is 0.822. The molecule has 1 heterocycles. The first-order chi connectivity index (χ1) is 9.56. The highest BCUT2D eigenvalue weighted by molar-refractivity contribution is 5.40. The zero-order valence-corrected chi connectivity index (χ0v) is 12.6. The second-order valence-electron chi connectivity index (χ2n) is 5.55. The van der Waals surface area contributed by atoms with Crippen molar-refractivity contribution >= 4 is 5.69 Å². The monoisotopic (exact) mass is 272 g/mol. The number of aryl methyl sites for hydroxylation is 1. The van der Waals surface area contributed by atoms with Gasteiger partial charge in [0.2, 0.25) is 0 Å². The standard InChI is InChI=1S/C16H24N4/c1-13(14-4-6-15(17)7-5-14)8-10-19(2)12-16-18-9-11-20(16)3/h4-7,9,11,13H,8,10,12,17H2,1-3H3. The summed E-state index contributed by atoms with van der Waals surface area (Å²) >= 11 is 0. The Morgan fingerprint density at radius 2 is 2.00 bits per heavy atom. The third-order valence-electron chi connectivity index (χ3n) is 3.78. The largest absolute Gasteiger partial charge is 0.399 e. The number of rotatable bonds is 6. The van der Waals surface area contributed by atoms with Crippen LogP contribution in [0.15, 0.2) is 36.7 Å². The highest BCUT2D eigenvalue weighted by atomic mass is 15.1. The molecule has 2 aromatic rings. The van der Waals surface area contributed by atoms with Crippen molar-refractivity contribution in [2.45, 2.75) is 25.8 Å². The van der Waals surface area contributed by atoms with Crippen molar-refractivity contribution in [1.29, 1.82) is 0 Å². The van der Waals surface area contributed by atoms with E-state index < -0.39 is 0 Å². The van der Waals surface area contributed by atoms with E-state index in [0.717, 1.165) is 31.0 Å². The summed E-state index contributed by atoms with van der Waals surface area (Å²) in [6, 6.07) is 8.20. The van der Waals surface area contributed by atoms with Crippen molar-refractivity contribution in [3.63, 3.8) is 0 Å². The van der Waals surface area contributed by atoms with E-state index in [9.17, 15) is 0 Å². The summed E-state index contributed by atoms with van der Waals surface area (Å²) in [6.45, 7) is 4.20. The molecule has 4 nitrogen and oxygen atoms in total. The molecule has 0 radical (unpaired) electrons. The Hall–Kier alpha value is -1.81. The SMILES string of the molecule is CC(CCN(C)Cc1nccn1C)c1ccc(N)cc1. The fraction of sp³-hybridized carbons (Fsp3) is 0.438. The number of imidazole rings is 1. The Labute approximate surface area is 121 Å². The molecule has 0 bridgehead atoms. The molecule has 0 saturated heterocycles. The highest BCUT2D eigenvalue weighted by Gasteiger charge is 2.09. The number of nitrogens with two attached hydrogens (primary N) is 1. The van der Waals surface area contributed by atoms with Crippen molar-refractivity contribution in [1.82, 2.24) is 14.5 Å². The van der Waals surface area contributed by atoms with Crippen LogP contribution in [0.25, 0.3) is 0 Å². The molecule has 0 aliphatic rings. The van der Waals surface area contributed by atoms with Gasteiger partial charge >= 0.3 is 0 Å². The second-order valence-corrected chi connectivity index (χ2v) is 5.55. The fourth-order valence-electron chi connectivity index (χ4n) is 2.27. The number of benzene rings is 1. The van der Waals surface area contributed by atoms with Crippen LogP contribution in [0.1, 0.15) is 30.7 Å². The number of hydrogen-bond donors (Lipinski definition) is 1. The molecule has 20 heavy (non-hydrogen) atoms. The van der Waals surface area contributed by atoms with Gasteiger partial charge in [-0.1, -0.05) is 19.1 Å². The maximum atomic E-state index is 5.72. The van der Waals surface area contributed by atoms with Crippen LogP contribution in [0.3, 0.4) is 0 Å². The van der Waals surface area contributed by atoms with Gasteiger partial charge in [0.15, 0.2) is 0 Å². The highest BCUT2D eigenvalue weighted by Crippen LogP contribution is 2.20. The lowest BCUT2D eigenvalue weighted by molar-refractivity contribution is 0.302. The van der Waals surface area contributed by atoms with Crippen molar-refractivity contribution in [2.75, 3.05) is 19.3 Å². The minimum atomic E-state index is 0.541. The minimum absolute atomic E-state index is 0.541. The van der Waals surface area contributed by atoms with Crippen molar-refractivity contribution in [3.8, 4) is 0 Å². The maximum Gasteiger partial charge on any atom is 0.122 e. The summed E-state index contributed by atoms with van der Waals surface area (Å²) in [5.41, 5.74) is 7.90. The van der Waals surface area contributed by atoms with Crippen LogP contribution in [0.2, 0.25) is 0 Å². The summed E-state index contributed by atoms with van der Waals surface area (Å²) in [7, 11) is 4.18. The Kier molecular flexibility index (Phi) is 4.79. The van der Waals surface area contributed by atoms with Crippen molar-refractivity contribution < 1.29 is 0 Å². The van der Waals surface area contributed by atoms with E-state index >= 15 is 0 Å². The van der Waals surface area contributed by atoms with E-state index in [0.29, 0.717) is 5.92 Å². The third kappa shape index (κ3) is 3.84. The molecule has 0 aliphatic carbocycles. The Morgan fingerprint density at radius 3 is 2.60 bits per heavy atom. The average Bonchev–Trinajstić information content (AvgIpc) is 2.82. The average molecular weight is 272 g/mol. The molecular formula is C16H24N4. The molecule has 1 unspecified atom stereocenters. The first-order valence-electron chi connectivity index (χ1n) is 7.06. The van der Waals surface area contributed by atoms with Crippen LogP contribution < -0.4 is 5.73 Å². The van der Waals surface area contributed by atoms with Gasteiger partial charge in [-0.15, -0.1) is 0 Å². The number of aromatic nitrogens is 2. The Bertz CT molecular complexity index is 530. The molecule has 0 aliphatic heterocycles. The van der Waals surface area contributed by atoms with E-state index in [2.05, 4.69) is 40.6 Å². The fourth-order valence-corrected chi connectivity index (χ4v) is 2.27. The summed E-state index contributed by atoms with van der Waals surface area (Å²) in [6.07, 6.45) is 4.96. The van der Waals surface area contributed by atoms with Gasteiger partial charge in [0.1, 0.15) is 5.82 Å². The summed E-state index contributed by atoms with van der Waals surface area (Å²) in [5, 5.41) is 0. The first-order valence-corrected chi connectivity index (χ1v) is 7.06. The molecule has 0 saturated carbocycles. The van der Waals surface area contributed by atoms with Crippen LogP contribution in [-0.2, 0) is 13.6 Å². The van der Waals surface area contributed by atoms with Gasteiger partial charge in [-0.2, -0.15) is 0 Å². The topological polar surface area (TPSA) is 47.1 Å². The Morgan fingerprint density at radius 1 is 1.30 bits per heavy atom. The zero-order valence-electron chi connectivity index (χ0n) is 12.6. The molecular weight excluding hydrogens is 248 g/mol. The number of hydrogen-bond acceptors (Lipinski definition) is 3. The molecule has 0 amide bonds. The smallest absolute Gasteiger partial charge is 0.122 e. The lowest BCUT2D eigenvalue weighted by Gasteiger charge is -2.19. The summed E-state index contributed by atoms with van der Waals surface area (Å²) < 4.78 is 2.07. The second kappa shape index (κ2) is 6.57. The molecule has 1 aromatic carbocycles. The van der Waals surface area contributed by atoms with Crippen molar-refractivity contribution in [3.05, 3.63) is 48.0 Å². The molecule has 108 valence electrons. The van der Waals surface area contributed by atoms with Crippen LogP contribution in [0.5, 0.6) is 0 Å². The number of nitrogens with zero attached hydrogens (tertiary/aromatic N) is 3. The van der Waals surface area contributed by atoms with E-state index in [4.69, 9.17) is 5.73 Å². The van der Waals surface area contributed by atoms with Gasteiger partial charge in [0, 0.05) is 25.1 Å². The molecule has 1 aromatic heterocycles. The van der Waals surface area contributed by atoms with Crippen LogP contribution in [0, 0.1) is 0 Å². The van der Waals surface area contributed by atoms with Gasteiger partial charge in [0.25, 0.3) is 0 Å². The predicted octanol–water partition coefficient (Wildman–Crippen LogP) is 2.63. The molecule has 2 rings (SSSR count). The maximum absolute atomic E-state index is 5.72. The number of anilines is 1. The van der Waals surface area contributed by atoms with Gasteiger partial charge in [0.05, 0.1) is 6.54 Å². The summed E-state index contributed by atoms with van der Waals surface area (Å²) in [4.78, 5) is 6.67. The van der Waals surface area contributed by atoms with E-state index in [-0.39, 0.29) is 0 Å². The predicted molar refractivity (Wildman–Crippen MR) is 83.4 cm³/mol. The third-order valence-corrected chi connectivity index (χ3v) is 3.78. The van der Waals surface area contributed by atoms with E-state index in [1.54, 1.807) is 0 Å². The van der Waals surface area contributed by atoms with E-state index in [1.165, 1.54) is 5.56 Å². The number of nitrogen functional groups attached to an aromatic ring is 1. The lowest BCUT2D eigenvalue weighted by Crippen LogP contribution is -2.22. The Balaban J connectivity index is 1.82. The lowest BCUT2D eigenvalue weighted by atomic mass is 9.97. The molecule has 1 atom stereocenters.